The third-order valence-electron chi connectivity index (χ3n) is 4.21. The van der Waals surface area contributed by atoms with Crippen LogP contribution in [0.3, 0.4) is 0 Å². The number of anilines is 1. The number of likely N-dealkylation sites (tertiary alicyclic amines) is 1. The molecule has 0 saturated carbocycles. The van der Waals surface area contributed by atoms with Gasteiger partial charge in [0.25, 0.3) is 5.69 Å². The first-order valence-corrected chi connectivity index (χ1v) is 7.72. The zero-order valence-electron chi connectivity index (χ0n) is 13.8. The normalized spacial score (nSPS) is 18.5. The summed E-state index contributed by atoms with van der Waals surface area (Å²) in [5.74, 6) is -0.160. The van der Waals surface area contributed by atoms with Crippen molar-refractivity contribution in [1.29, 1.82) is 0 Å². The molecule has 0 amide bonds. The standard InChI is InChI=1S/C16H23N3O4/c1-11-7-13(17-9-12-5-4-6-18(2)10-12)8-14(16(20)23-3)15(11)19(21)22/h7-8,12,17H,4-6,9-10H2,1-3H3. The summed E-state index contributed by atoms with van der Waals surface area (Å²) in [5.41, 5.74) is 0.948. The zero-order valence-corrected chi connectivity index (χ0v) is 13.8. The molecule has 1 aromatic rings. The Labute approximate surface area is 135 Å². The molecule has 1 fully saturated rings. The Hall–Kier alpha value is -2.15. The summed E-state index contributed by atoms with van der Waals surface area (Å²) in [6.07, 6.45) is 2.34. The zero-order chi connectivity index (χ0) is 17.0. The highest BCUT2D eigenvalue weighted by Crippen LogP contribution is 2.28. The first-order chi connectivity index (χ1) is 10.9. The SMILES string of the molecule is COC(=O)c1cc(NCC2CCCN(C)C2)cc(C)c1[N+](=O)[O-]. The molecular formula is C16H23N3O4. The average Bonchev–Trinajstić information content (AvgIpc) is 2.51. The van der Waals surface area contributed by atoms with Crippen molar-refractivity contribution in [3.8, 4) is 0 Å². The van der Waals surface area contributed by atoms with Crippen LogP contribution >= 0.6 is 0 Å². The van der Waals surface area contributed by atoms with Crippen LogP contribution in [0, 0.1) is 23.0 Å². The van der Waals surface area contributed by atoms with Gasteiger partial charge in [-0.2, -0.15) is 0 Å². The van der Waals surface area contributed by atoms with E-state index in [1.54, 1.807) is 13.0 Å². The van der Waals surface area contributed by atoms with Crippen molar-refractivity contribution >= 4 is 17.3 Å². The van der Waals surface area contributed by atoms with Crippen LogP contribution in [0.15, 0.2) is 12.1 Å². The van der Waals surface area contributed by atoms with Gasteiger partial charge in [0, 0.05) is 24.3 Å². The number of esters is 1. The van der Waals surface area contributed by atoms with Crippen LogP contribution in [0.1, 0.15) is 28.8 Å². The average molecular weight is 321 g/mol. The number of piperidine rings is 1. The smallest absolute Gasteiger partial charge is 0.344 e. The minimum atomic E-state index is -0.694. The number of nitro groups is 1. The minimum Gasteiger partial charge on any atom is -0.465 e. The van der Waals surface area contributed by atoms with E-state index in [2.05, 4.69) is 22.0 Å². The first kappa shape index (κ1) is 17.2. The number of aryl methyl sites for hydroxylation is 1. The molecule has 1 N–H and O–H groups in total. The second kappa shape index (κ2) is 7.41. The number of carbonyl (C=O) groups excluding carboxylic acids is 1. The number of benzene rings is 1. The van der Waals surface area contributed by atoms with Crippen molar-refractivity contribution in [2.45, 2.75) is 19.8 Å². The maximum Gasteiger partial charge on any atom is 0.344 e. The number of hydrogen-bond donors (Lipinski definition) is 1. The molecule has 126 valence electrons. The Morgan fingerprint density at radius 3 is 2.87 bits per heavy atom. The van der Waals surface area contributed by atoms with Crippen molar-refractivity contribution in [1.82, 2.24) is 4.90 Å². The molecule has 0 radical (unpaired) electrons. The molecule has 1 aromatic carbocycles. The first-order valence-electron chi connectivity index (χ1n) is 7.72. The molecule has 0 bridgehead atoms. The van der Waals surface area contributed by atoms with Gasteiger partial charge in [-0.15, -0.1) is 0 Å². The van der Waals surface area contributed by atoms with Gasteiger partial charge in [-0.3, -0.25) is 10.1 Å². The van der Waals surface area contributed by atoms with Crippen molar-refractivity contribution in [3.63, 3.8) is 0 Å². The molecule has 1 heterocycles. The molecule has 23 heavy (non-hydrogen) atoms. The van der Waals surface area contributed by atoms with Crippen LogP contribution in [0.4, 0.5) is 11.4 Å². The number of methoxy groups -OCH3 is 1. The van der Waals surface area contributed by atoms with Crippen LogP contribution < -0.4 is 5.32 Å². The molecule has 7 nitrogen and oxygen atoms in total. The van der Waals surface area contributed by atoms with Gasteiger partial charge in [-0.25, -0.2) is 4.79 Å². The molecular weight excluding hydrogens is 298 g/mol. The van der Waals surface area contributed by atoms with Crippen LogP contribution in [-0.4, -0.2) is 49.6 Å². The van der Waals surface area contributed by atoms with Gasteiger partial charge in [0.15, 0.2) is 0 Å². The number of hydrogen-bond acceptors (Lipinski definition) is 6. The van der Waals surface area contributed by atoms with E-state index in [0.717, 1.165) is 26.1 Å². The monoisotopic (exact) mass is 321 g/mol. The highest BCUT2D eigenvalue weighted by Gasteiger charge is 2.25. The van der Waals surface area contributed by atoms with Crippen molar-refractivity contribution in [2.75, 3.05) is 39.1 Å². The highest BCUT2D eigenvalue weighted by atomic mass is 16.6. The highest BCUT2D eigenvalue weighted by molar-refractivity contribution is 5.95. The van der Waals surface area contributed by atoms with E-state index in [-0.39, 0.29) is 11.3 Å². The predicted molar refractivity (Wildman–Crippen MR) is 87.9 cm³/mol. The third kappa shape index (κ3) is 4.19. The summed E-state index contributed by atoms with van der Waals surface area (Å²) in [4.78, 5) is 24.8. The number of nitrogens with zero attached hydrogens (tertiary/aromatic N) is 2. The third-order valence-corrected chi connectivity index (χ3v) is 4.21. The van der Waals surface area contributed by atoms with Gasteiger partial charge in [0.05, 0.1) is 12.0 Å². The van der Waals surface area contributed by atoms with E-state index in [9.17, 15) is 14.9 Å². The van der Waals surface area contributed by atoms with Gasteiger partial charge < -0.3 is 15.0 Å². The Bertz CT molecular complexity index is 603. The molecule has 1 saturated heterocycles. The summed E-state index contributed by atoms with van der Waals surface area (Å²) >= 11 is 0. The summed E-state index contributed by atoms with van der Waals surface area (Å²) in [6, 6.07) is 3.21. The van der Waals surface area contributed by atoms with Crippen LogP contribution in [0.2, 0.25) is 0 Å². The number of nitrogens with one attached hydrogen (secondary N) is 1. The van der Waals surface area contributed by atoms with E-state index >= 15 is 0 Å². The Kier molecular flexibility index (Phi) is 5.54. The van der Waals surface area contributed by atoms with Gasteiger partial charge in [-0.05, 0) is 51.4 Å². The summed E-state index contributed by atoms with van der Waals surface area (Å²) in [5, 5.41) is 14.5. The lowest BCUT2D eigenvalue weighted by atomic mass is 9.98. The quantitative estimate of drug-likeness (QED) is 0.509. The largest absolute Gasteiger partial charge is 0.465 e. The number of ether oxygens (including phenoxy) is 1. The molecule has 1 unspecified atom stereocenters. The summed E-state index contributed by atoms with van der Waals surface area (Å²) in [7, 11) is 3.33. The molecule has 2 rings (SSSR count). The van der Waals surface area contributed by atoms with Crippen molar-refractivity contribution in [2.24, 2.45) is 5.92 Å². The second-order valence-electron chi connectivity index (χ2n) is 6.09. The molecule has 0 aliphatic carbocycles. The summed E-state index contributed by atoms with van der Waals surface area (Å²) < 4.78 is 4.67. The molecule has 1 aliphatic rings. The molecule has 0 aromatic heterocycles. The molecule has 1 aliphatic heterocycles. The molecule has 1 atom stereocenters. The lowest BCUT2D eigenvalue weighted by Crippen LogP contribution is -2.35. The Morgan fingerprint density at radius 1 is 1.52 bits per heavy atom. The molecule has 0 spiro atoms. The van der Waals surface area contributed by atoms with E-state index in [0.29, 0.717) is 17.2 Å². The maximum atomic E-state index is 11.8. The van der Waals surface area contributed by atoms with Gasteiger partial charge in [0.2, 0.25) is 0 Å². The van der Waals surface area contributed by atoms with E-state index in [1.807, 2.05) is 0 Å². The van der Waals surface area contributed by atoms with Gasteiger partial charge in [0.1, 0.15) is 5.56 Å². The van der Waals surface area contributed by atoms with E-state index in [1.165, 1.54) is 19.6 Å². The van der Waals surface area contributed by atoms with Crippen molar-refractivity contribution in [3.05, 3.63) is 33.4 Å². The van der Waals surface area contributed by atoms with Crippen molar-refractivity contribution < 1.29 is 14.5 Å². The summed E-state index contributed by atoms with van der Waals surface area (Å²) in [6.45, 7) is 4.56. The maximum absolute atomic E-state index is 11.8. The Morgan fingerprint density at radius 2 is 2.26 bits per heavy atom. The van der Waals surface area contributed by atoms with Gasteiger partial charge >= 0.3 is 5.97 Å². The number of rotatable bonds is 5. The fourth-order valence-corrected chi connectivity index (χ4v) is 3.09. The minimum absolute atomic E-state index is 0.0132. The second-order valence-corrected chi connectivity index (χ2v) is 6.09. The van der Waals surface area contributed by atoms with Crippen LogP contribution in [-0.2, 0) is 4.74 Å². The molecule has 7 heteroatoms. The fourth-order valence-electron chi connectivity index (χ4n) is 3.09. The lowest BCUT2D eigenvalue weighted by Gasteiger charge is -2.30. The number of carbonyl (C=O) groups is 1. The van der Waals surface area contributed by atoms with E-state index in [4.69, 9.17) is 0 Å². The van der Waals surface area contributed by atoms with E-state index < -0.39 is 10.9 Å². The van der Waals surface area contributed by atoms with Gasteiger partial charge in [-0.1, -0.05) is 0 Å². The Balaban J connectivity index is 2.17. The fraction of sp³-hybridized carbons (Fsp3) is 0.562. The lowest BCUT2D eigenvalue weighted by molar-refractivity contribution is -0.385. The van der Waals surface area contributed by atoms with Crippen LogP contribution in [0.5, 0.6) is 0 Å². The number of nitro benzene ring substituents is 1. The topological polar surface area (TPSA) is 84.7 Å². The predicted octanol–water partition coefficient (Wildman–Crippen LogP) is 2.44. The van der Waals surface area contributed by atoms with Crippen LogP contribution in [0.25, 0.3) is 0 Å².